The summed E-state index contributed by atoms with van der Waals surface area (Å²) in [5.74, 6) is 1.96. The largest absolute Gasteiger partial charge is 0.244 e. The molecule has 0 bridgehead atoms. The van der Waals surface area contributed by atoms with Crippen molar-refractivity contribution in [1.82, 2.24) is 10.3 Å². The van der Waals surface area contributed by atoms with Crippen LogP contribution in [0.3, 0.4) is 0 Å². The quantitative estimate of drug-likeness (QED) is 0.622. The van der Waals surface area contributed by atoms with E-state index in [0.29, 0.717) is 23.7 Å². The Morgan fingerprint density at radius 3 is 2.05 bits per heavy atom. The van der Waals surface area contributed by atoms with Crippen LogP contribution in [0.5, 0.6) is 0 Å². The van der Waals surface area contributed by atoms with Gasteiger partial charge in [-0.2, -0.15) is 11.3 Å². The second-order valence-corrected chi connectivity index (χ2v) is 7.75. The van der Waals surface area contributed by atoms with Crippen molar-refractivity contribution in [3.05, 3.63) is 33.3 Å². The molecule has 22 heavy (non-hydrogen) atoms. The minimum absolute atomic E-state index is 0.366. The highest BCUT2D eigenvalue weighted by atomic mass is 32.1. The van der Waals surface area contributed by atoms with Gasteiger partial charge in [0.25, 0.3) is 0 Å². The highest BCUT2D eigenvalue weighted by molar-refractivity contribution is 7.08. The Morgan fingerprint density at radius 1 is 0.818 bits per heavy atom. The van der Waals surface area contributed by atoms with E-state index in [1.165, 1.54) is 17.5 Å². The van der Waals surface area contributed by atoms with Crippen molar-refractivity contribution in [2.75, 3.05) is 0 Å². The van der Waals surface area contributed by atoms with E-state index in [4.69, 9.17) is 4.63 Å². The van der Waals surface area contributed by atoms with Crippen molar-refractivity contribution in [3.8, 4) is 0 Å². The lowest BCUT2D eigenvalue weighted by Gasteiger charge is -2.17. The van der Waals surface area contributed by atoms with Gasteiger partial charge in [0.1, 0.15) is 11.4 Å². The molecule has 122 valence electrons. The van der Waals surface area contributed by atoms with Gasteiger partial charge in [0.05, 0.1) is 0 Å². The highest BCUT2D eigenvalue weighted by Gasteiger charge is 2.21. The molecule has 0 aromatic carbocycles. The molecule has 2 aromatic rings. The van der Waals surface area contributed by atoms with Crippen molar-refractivity contribution in [2.24, 2.45) is 0 Å². The van der Waals surface area contributed by atoms with Crippen LogP contribution in [0.15, 0.2) is 15.4 Å². The van der Waals surface area contributed by atoms with Gasteiger partial charge in [-0.25, -0.2) is 4.63 Å². The Labute approximate surface area is 138 Å². The topological polar surface area (TPSA) is 38.9 Å². The van der Waals surface area contributed by atoms with E-state index in [1.54, 1.807) is 0 Å². The summed E-state index contributed by atoms with van der Waals surface area (Å²) >= 11 is 1.82. The van der Waals surface area contributed by atoms with E-state index in [-0.39, 0.29) is 0 Å². The van der Waals surface area contributed by atoms with Gasteiger partial charge < -0.3 is 0 Å². The first-order valence-electron chi connectivity index (χ1n) is 8.30. The number of thiophene rings is 1. The van der Waals surface area contributed by atoms with Crippen LogP contribution < -0.4 is 0 Å². The first kappa shape index (κ1) is 17.2. The minimum Gasteiger partial charge on any atom is -0.244 e. The molecule has 0 saturated heterocycles. The minimum atomic E-state index is 0.366. The van der Waals surface area contributed by atoms with Gasteiger partial charge >= 0.3 is 0 Å². The molecule has 0 amide bonds. The summed E-state index contributed by atoms with van der Waals surface area (Å²) in [6.07, 6.45) is 2.28. The van der Waals surface area contributed by atoms with Crippen LogP contribution >= 0.6 is 11.3 Å². The third-order valence-electron chi connectivity index (χ3n) is 4.46. The molecule has 0 N–H and O–H groups in total. The lowest BCUT2D eigenvalue weighted by Crippen LogP contribution is -2.04. The predicted octanol–water partition coefficient (Wildman–Crippen LogP) is 6.07. The van der Waals surface area contributed by atoms with E-state index in [2.05, 4.69) is 62.6 Å². The van der Waals surface area contributed by atoms with E-state index in [0.717, 1.165) is 17.8 Å². The summed E-state index contributed by atoms with van der Waals surface area (Å²) < 4.78 is 4.96. The number of nitrogens with zero attached hydrogens (tertiary/aromatic N) is 2. The maximum absolute atomic E-state index is 4.96. The molecular formula is C18H28N2OS. The zero-order valence-corrected chi connectivity index (χ0v) is 15.4. The monoisotopic (exact) mass is 320 g/mol. The molecule has 2 aromatic heterocycles. The first-order valence-corrected chi connectivity index (χ1v) is 9.24. The number of rotatable bonds is 7. The normalized spacial score (nSPS) is 14.7. The van der Waals surface area contributed by atoms with Crippen molar-refractivity contribution in [3.63, 3.8) is 0 Å². The zero-order chi connectivity index (χ0) is 16.3. The molecule has 0 aliphatic heterocycles. The number of hydrogen-bond acceptors (Lipinski definition) is 4. The Bertz CT molecular complexity index is 533. The molecule has 2 rings (SSSR count). The number of aromatic nitrogens is 2. The van der Waals surface area contributed by atoms with Crippen molar-refractivity contribution >= 4 is 11.3 Å². The second kappa shape index (κ2) is 7.40. The van der Waals surface area contributed by atoms with Gasteiger partial charge in [0.15, 0.2) is 0 Å². The fraction of sp³-hybridized carbons (Fsp3) is 0.667. The maximum Gasteiger partial charge on any atom is 0.111 e. The lowest BCUT2D eigenvalue weighted by molar-refractivity contribution is 0.296. The molecule has 0 spiro atoms. The van der Waals surface area contributed by atoms with Crippen LogP contribution in [0, 0.1) is 0 Å². The Morgan fingerprint density at radius 2 is 1.41 bits per heavy atom. The molecule has 0 radical (unpaired) electrons. The van der Waals surface area contributed by atoms with Crippen molar-refractivity contribution in [2.45, 2.75) is 78.1 Å². The second-order valence-electron chi connectivity index (χ2n) is 7.01. The van der Waals surface area contributed by atoms with Crippen LogP contribution in [-0.4, -0.2) is 10.3 Å². The zero-order valence-electron chi connectivity index (χ0n) is 14.6. The molecule has 4 heteroatoms. The van der Waals surface area contributed by atoms with Crippen LogP contribution in [0.25, 0.3) is 0 Å². The fourth-order valence-corrected chi connectivity index (χ4v) is 4.06. The molecule has 0 fully saturated rings. The first-order chi connectivity index (χ1) is 10.4. The van der Waals surface area contributed by atoms with Crippen LogP contribution in [0.4, 0.5) is 0 Å². The SMILES string of the molecule is CC(C)c1cscc1C(C)CCC(C)c1nonc1C(C)C. The van der Waals surface area contributed by atoms with Crippen LogP contribution in [-0.2, 0) is 0 Å². The molecule has 2 atom stereocenters. The third kappa shape index (κ3) is 3.78. The van der Waals surface area contributed by atoms with E-state index < -0.39 is 0 Å². The fourth-order valence-electron chi connectivity index (χ4n) is 2.92. The maximum atomic E-state index is 4.96. The molecule has 2 heterocycles. The van der Waals surface area contributed by atoms with Gasteiger partial charge in [-0.1, -0.05) is 51.9 Å². The molecule has 0 saturated carbocycles. The average molecular weight is 321 g/mol. The van der Waals surface area contributed by atoms with E-state index in [1.807, 2.05) is 11.3 Å². The molecule has 2 unspecified atom stereocenters. The van der Waals surface area contributed by atoms with Gasteiger partial charge in [0.2, 0.25) is 0 Å². The van der Waals surface area contributed by atoms with Gasteiger partial charge in [-0.3, -0.25) is 0 Å². The van der Waals surface area contributed by atoms with E-state index in [9.17, 15) is 0 Å². The summed E-state index contributed by atoms with van der Waals surface area (Å²) in [6.45, 7) is 13.4. The average Bonchev–Trinajstić information content (AvgIpc) is 3.12. The van der Waals surface area contributed by atoms with Crippen molar-refractivity contribution in [1.29, 1.82) is 0 Å². The van der Waals surface area contributed by atoms with Crippen LogP contribution in [0.1, 0.15) is 101 Å². The molecular weight excluding hydrogens is 292 g/mol. The lowest BCUT2D eigenvalue weighted by atomic mass is 9.87. The smallest absolute Gasteiger partial charge is 0.111 e. The summed E-state index contributed by atoms with van der Waals surface area (Å²) in [4.78, 5) is 0. The predicted molar refractivity (Wildman–Crippen MR) is 92.9 cm³/mol. The summed E-state index contributed by atoms with van der Waals surface area (Å²) in [6, 6.07) is 0. The Hall–Kier alpha value is -1.16. The van der Waals surface area contributed by atoms with E-state index >= 15 is 0 Å². The Kier molecular flexibility index (Phi) is 5.79. The molecule has 0 aliphatic rings. The standard InChI is InChI=1S/C18H28N2OS/c1-11(2)15-9-22-10-16(15)13(5)7-8-14(6)18-17(12(3)4)19-21-20-18/h9-14H,7-8H2,1-6H3. The summed E-state index contributed by atoms with van der Waals surface area (Å²) in [5, 5.41) is 12.8. The van der Waals surface area contributed by atoms with Gasteiger partial charge in [0, 0.05) is 11.8 Å². The third-order valence-corrected chi connectivity index (χ3v) is 5.24. The highest BCUT2D eigenvalue weighted by Crippen LogP contribution is 2.34. The van der Waals surface area contributed by atoms with Gasteiger partial charge in [-0.05, 0) is 46.6 Å². The number of hydrogen-bond donors (Lipinski definition) is 0. The molecule has 3 nitrogen and oxygen atoms in total. The van der Waals surface area contributed by atoms with Gasteiger partial charge in [-0.15, -0.1) is 0 Å². The van der Waals surface area contributed by atoms with Crippen molar-refractivity contribution < 1.29 is 4.63 Å². The molecule has 0 aliphatic carbocycles. The summed E-state index contributed by atoms with van der Waals surface area (Å²) in [5.41, 5.74) is 5.08. The Balaban J connectivity index is 2.00. The summed E-state index contributed by atoms with van der Waals surface area (Å²) in [7, 11) is 0. The van der Waals surface area contributed by atoms with Crippen LogP contribution in [0.2, 0.25) is 0 Å².